The fraction of sp³-hybridized carbons (Fsp3) is 0.308. The van der Waals surface area contributed by atoms with Gasteiger partial charge in [-0.25, -0.2) is 13.2 Å². The highest BCUT2D eigenvalue weighted by Crippen LogP contribution is 2.47. The molecular formula is C13H9F6O8S-. The molecule has 0 amide bonds. The first-order chi connectivity index (χ1) is 12.4. The van der Waals surface area contributed by atoms with Crippen LogP contribution < -0.4 is 0 Å². The van der Waals surface area contributed by atoms with E-state index in [2.05, 4.69) is 4.74 Å². The molecule has 0 aromatic heterocycles. The Hall–Kier alpha value is -2.68. The van der Waals surface area contributed by atoms with Gasteiger partial charge in [-0.2, -0.15) is 26.3 Å². The summed E-state index contributed by atoms with van der Waals surface area (Å²) < 4.78 is 113. The van der Waals surface area contributed by atoms with Gasteiger partial charge in [0.1, 0.15) is 0 Å². The van der Waals surface area contributed by atoms with E-state index in [1.165, 1.54) is 0 Å². The second-order valence-corrected chi connectivity index (χ2v) is 6.59. The summed E-state index contributed by atoms with van der Waals surface area (Å²) >= 11 is 0. The van der Waals surface area contributed by atoms with Crippen LogP contribution in [0.25, 0.3) is 6.08 Å². The summed E-state index contributed by atoms with van der Waals surface area (Å²) in [6.45, 7) is 0. The average Bonchev–Trinajstić information content (AvgIpc) is 2.46. The zero-order chi connectivity index (χ0) is 22.1. The van der Waals surface area contributed by atoms with Crippen LogP contribution in [0.4, 0.5) is 26.3 Å². The van der Waals surface area contributed by atoms with Crippen molar-refractivity contribution >= 4 is 22.2 Å². The monoisotopic (exact) mass is 439 g/mol. The molecule has 0 bridgehead atoms. The minimum Gasteiger partial charge on any atom is -0.748 e. The molecule has 0 spiro atoms. The molecule has 28 heavy (non-hydrogen) atoms. The zero-order valence-electron chi connectivity index (χ0n) is 13.1. The number of rotatable bonds is 5. The number of phenols is 3. The Morgan fingerprint density at radius 3 is 1.82 bits per heavy atom. The molecule has 0 radical (unpaired) electrons. The van der Waals surface area contributed by atoms with E-state index in [-0.39, 0.29) is 11.6 Å². The SMILES string of the molecule is O=C(/C=C/c1cc(O)c(O)c(O)c1)OC(CS(=O)(=O)[O-])(C(F)(F)F)C(F)(F)F. The van der Waals surface area contributed by atoms with Crippen LogP contribution in [-0.4, -0.2) is 58.0 Å². The van der Waals surface area contributed by atoms with Gasteiger partial charge in [0.25, 0.3) is 0 Å². The van der Waals surface area contributed by atoms with Gasteiger partial charge in [0.15, 0.2) is 17.2 Å². The second kappa shape index (κ2) is 7.38. The number of phenolic OH excluding ortho intramolecular Hbond substituents is 3. The number of halogens is 6. The third kappa shape index (κ3) is 5.19. The number of hydrogen-bond donors (Lipinski definition) is 3. The molecule has 0 fully saturated rings. The van der Waals surface area contributed by atoms with Gasteiger partial charge < -0.3 is 24.6 Å². The van der Waals surface area contributed by atoms with Crippen molar-refractivity contribution in [3.63, 3.8) is 0 Å². The van der Waals surface area contributed by atoms with Crippen LogP contribution in [0.15, 0.2) is 18.2 Å². The fourth-order valence-electron chi connectivity index (χ4n) is 1.81. The number of aromatic hydroxyl groups is 3. The molecule has 0 aliphatic heterocycles. The van der Waals surface area contributed by atoms with E-state index < -0.39 is 57.0 Å². The number of alkyl halides is 6. The van der Waals surface area contributed by atoms with E-state index in [1.54, 1.807) is 0 Å². The van der Waals surface area contributed by atoms with Crippen LogP contribution in [0.1, 0.15) is 5.56 Å². The Morgan fingerprint density at radius 2 is 1.46 bits per heavy atom. The zero-order valence-corrected chi connectivity index (χ0v) is 13.9. The van der Waals surface area contributed by atoms with Crippen LogP contribution in [0.3, 0.4) is 0 Å². The molecule has 0 atom stereocenters. The Morgan fingerprint density at radius 1 is 1.04 bits per heavy atom. The molecule has 0 unspecified atom stereocenters. The predicted octanol–water partition coefficient (Wildman–Crippen LogP) is 1.77. The maximum atomic E-state index is 13.0. The normalized spacial score (nSPS) is 13.7. The molecule has 15 heteroatoms. The molecule has 1 rings (SSSR count). The molecule has 0 aliphatic carbocycles. The highest BCUT2D eigenvalue weighted by molar-refractivity contribution is 7.85. The van der Waals surface area contributed by atoms with Gasteiger partial charge in [0.2, 0.25) is 0 Å². The summed E-state index contributed by atoms with van der Waals surface area (Å²) in [5.74, 6) is -8.36. The topological polar surface area (TPSA) is 144 Å². The standard InChI is InChI=1S/C13H10F6O8S/c14-12(15,16)11(13(17,18)19,5-28(24,25)26)27-9(22)2-1-6-3-7(20)10(23)8(21)4-6/h1-4,20-21,23H,5H2,(H,24,25,26)/p-1/b2-1+. The molecular weight excluding hydrogens is 430 g/mol. The molecule has 158 valence electrons. The number of ether oxygens (including phenoxy) is 1. The molecule has 0 heterocycles. The summed E-state index contributed by atoms with van der Waals surface area (Å²) in [7, 11) is -6.16. The summed E-state index contributed by atoms with van der Waals surface area (Å²) in [6.07, 6.45) is -12.6. The Kier molecular flexibility index (Phi) is 6.16. The predicted molar refractivity (Wildman–Crippen MR) is 76.0 cm³/mol. The van der Waals surface area contributed by atoms with Crippen molar-refractivity contribution in [1.82, 2.24) is 0 Å². The first kappa shape index (κ1) is 23.4. The maximum absolute atomic E-state index is 13.0. The van der Waals surface area contributed by atoms with Crippen LogP contribution in [0, 0.1) is 0 Å². The van der Waals surface area contributed by atoms with Gasteiger partial charge in [-0.05, 0) is 23.8 Å². The number of carbonyl (C=O) groups is 1. The van der Waals surface area contributed by atoms with E-state index in [0.717, 1.165) is 0 Å². The minimum atomic E-state index is -6.51. The molecule has 8 nitrogen and oxygen atoms in total. The number of hydrogen-bond acceptors (Lipinski definition) is 8. The summed E-state index contributed by atoms with van der Waals surface area (Å²) in [4.78, 5) is 11.5. The van der Waals surface area contributed by atoms with E-state index >= 15 is 0 Å². The van der Waals surface area contributed by atoms with Gasteiger partial charge in [0, 0.05) is 6.08 Å². The minimum absolute atomic E-state index is 0.0189. The van der Waals surface area contributed by atoms with Crippen LogP contribution in [-0.2, 0) is 19.6 Å². The lowest BCUT2D eigenvalue weighted by Gasteiger charge is -2.36. The van der Waals surface area contributed by atoms with E-state index in [4.69, 9.17) is 5.11 Å². The van der Waals surface area contributed by atoms with Gasteiger partial charge >= 0.3 is 23.9 Å². The molecule has 1 aromatic rings. The molecule has 3 N–H and O–H groups in total. The first-order valence-corrected chi connectivity index (χ1v) is 8.20. The Bertz CT molecular complexity index is 850. The number of esters is 1. The largest absolute Gasteiger partial charge is 0.748 e. The van der Waals surface area contributed by atoms with Crippen molar-refractivity contribution in [3.05, 3.63) is 23.8 Å². The second-order valence-electron chi connectivity index (χ2n) is 5.19. The van der Waals surface area contributed by atoms with E-state index in [0.29, 0.717) is 18.2 Å². The van der Waals surface area contributed by atoms with Gasteiger partial charge in [-0.3, -0.25) is 0 Å². The molecule has 0 aliphatic rings. The van der Waals surface area contributed by atoms with Crippen LogP contribution in [0.2, 0.25) is 0 Å². The first-order valence-electron chi connectivity index (χ1n) is 6.62. The third-order valence-corrected chi connectivity index (χ3v) is 3.83. The van der Waals surface area contributed by atoms with Crippen molar-refractivity contribution in [3.8, 4) is 17.2 Å². The quantitative estimate of drug-likeness (QED) is 0.207. The molecule has 1 aromatic carbocycles. The van der Waals surface area contributed by atoms with Crippen molar-refractivity contribution in [2.75, 3.05) is 5.75 Å². The van der Waals surface area contributed by atoms with Crippen molar-refractivity contribution in [2.45, 2.75) is 18.0 Å². The lowest BCUT2D eigenvalue weighted by atomic mass is 10.1. The van der Waals surface area contributed by atoms with Gasteiger partial charge in [0.05, 0.1) is 15.9 Å². The highest BCUT2D eigenvalue weighted by Gasteiger charge is 2.75. The summed E-state index contributed by atoms with van der Waals surface area (Å²) in [5, 5.41) is 27.5. The summed E-state index contributed by atoms with van der Waals surface area (Å²) in [6, 6.07) is 1.34. The molecule has 0 saturated carbocycles. The third-order valence-electron chi connectivity index (χ3n) is 3.07. The van der Waals surface area contributed by atoms with Crippen LogP contribution >= 0.6 is 0 Å². The van der Waals surface area contributed by atoms with E-state index in [9.17, 15) is 54.3 Å². The summed E-state index contributed by atoms with van der Waals surface area (Å²) in [5.41, 5.74) is -5.99. The van der Waals surface area contributed by atoms with E-state index in [1.807, 2.05) is 0 Å². The lowest BCUT2D eigenvalue weighted by molar-refractivity contribution is -0.360. The molecule has 0 saturated heterocycles. The Balaban J connectivity index is 3.31. The number of carbonyl (C=O) groups excluding carboxylic acids is 1. The van der Waals surface area contributed by atoms with Crippen LogP contribution in [0.5, 0.6) is 17.2 Å². The van der Waals surface area contributed by atoms with Crippen molar-refractivity contribution < 1.29 is 64.2 Å². The van der Waals surface area contributed by atoms with Crippen molar-refractivity contribution in [1.29, 1.82) is 0 Å². The smallest absolute Gasteiger partial charge is 0.438 e. The lowest BCUT2D eigenvalue weighted by Crippen LogP contribution is -2.63. The maximum Gasteiger partial charge on any atom is 0.438 e. The van der Waals surface area contributed by atoms with Crippen molar-refractivity contribution in [2.24, 2.45) is 0 Å². The average molecular weight is 439 g/mol. The van der Waals surface area contributed by atoms with Gasteiger partial charge in [-0.1, -0.05) is 0 Å². The highest BCUT2D eigenvalue weighted by atomic mass is 32.2. The Labute approximate surface area is 152 Å². The van der Waals surface area contributed by atoms with Gasteiger partial charge in [-0.15, -0.1) is 0 Å². The number of benzene rings is 1. The fourth-order valence-corrected chi connectivity index (χ4v) is 2.69.